The molecule has 9 heteroatoms. The number of imide groups is 1. The molecule has 2 unspecified atom stereocenters. The maximum Gasteiger partial charge on any atom is 0.355 e. The smallest absolute Gasteiger partial charge is 0.355 e. The number of ether oxygens (including phenoxy) is 1. The third-order valence-corrected chi connectivity index (χ3v) is 5.57. The van der Waals surface area contributed by atoms with Gasteiger partial charge in [0.1, 0.15) is 12.0 Å². The zero-order chi connectivity index (χ0) is 20.7. The topological polar surface area (TPSA) is 79.3 Å². The first-order valence-corrected chi connectivity index (χ1v) is 10.0. The van der Waals surface area contributed by atoms with E-state index in [1.54, 1.807) is 55.5 Å². The summed E-state index contributed by atoms with van der Waals surface area (Å²) in [5.74, 6) is -2.84. The second kappa shape index (κ2) is 7.61. The van der Waals surface area contributed by atoms with Crippen molar-refractivity contribution in [1.29, 1.82) is 0 Å². The van der Waals surface area contributed by atoms with E-state index >= 15 is 0 Å². The van der Waals surface area contributed by atoms with Gasteiger partial charge in [0.25, 0.3) is 5.91 Å². The Bertz CT molecular complexity index is 1040. The van der Waals surface area contributed by atoms with Gasteiger partial charge in [-0.1, -0.05) is 39.7 Å². The van der Waals surface area contributed by atoms with E-state index in [1.165, 1.54) is 5.01 Å². The van der Waals surface area contributed by atoms with E-state index in [2.05, 4.69) is 21.0 Å². The van der Waals surface area contributed by atoms with Gasteiger partial charge in [-0.05, 0) is 43.3 Å². The monoisotopic (exact) mass is 475 g/mol. The van der Waals surface area contributed by atoms with Gasteiger partial charge >= 0.3 is 5.97 Å². The normalized spacial score (nSPS) is 20.7. The fraction of sp³-hybridized carbons (Fsp3) is 0.200. The number of amides is 2. The van der Waals surface area contributed by atoms with E-state index in [0.717, 1.165) is 9.37 Å². The number of hydrazone groups is 1. The van der Waals surface area contributed by atoms with Crippen molar-refractivity contribution in [1.82, 2.24) is 0 Å². The number of halogens is 2. The fourth-order valence-electron chi connectivity index (χ4n) is 3.47. The highest BCUT2D eigenvalue weighted by Gasteiger charge is 2.59. The highest BCUT2D eigenvalue weighted by Crippen LogP contribution is 2.40. The molecule has 2 heterocycles. The summed E-state index contributed by atoms with van der Waals surface area (Å²) < 4.78 is 5.92. The number of rotatable bonds is 4. The van der Waals surface area contributed by atoms with Crippen molar-refractivity contribution in [3.05, 3.63) is 58.0 Å². The van der Waals surface area contributed by atoms with Crippen LogP contribution in [-0.2, 0) is 19.1 Å². The predicted octanol–water partition coefficient (Wildman–Crippen LogP) is 3.40. The molecule has 0 aliphatic carbocycles. The van der Waals surface area contributed by atoms with Crippen LogP contribution in [0.15, 0.2) is 58.1 Å². The first-order valence-electron chi connectivity index (χ1n) is 8.86. The van der Waals surface area contributed by atoms with E-state index in [-0.39, 0.29) is 23.0 Å². The van der Waals surface area contributed by atoms with Crippen LogP contribution >= 0.6 is 27.5 Å². The maximum absolute atomic E-state index is 13.3. The summed E-state index contributed by atoms with van der Waals surface area (Å²) in [6, 6.07) is 12.6. The minimum atomic E-state index is -1.07. The molecular formula is C20H15BrClN3O4. The van der Waals surface area contributed by atoms with Crippen molar-refractivity contribution >= 4 is 62.4 Å². The van der Waals surface area contributed by atoms with Crippen LogP contribution in [-0.4, -0.2) is 36.1 Å². The summed E-state index contributed by atoms with van der Waals surface area (Å²) in [4.78, 5) is 40.0. The number of carbonyl (C=O) groups is 3. The molecule has 0 spiro atoms. The van der Waals surface area contributed by atoms with Crippen LogP contribution in [0, 0.1) is 5.92 Å². The molecule has 0 bridgehead atoms. The molecule has 29 heavy (non-hydrogen) atoms. The van der Waals surface area contributed by atoms with Crippen molar-refractivity contribution in [3.63, 3.8) is 0 Å². The average Bonchev–Trinajstić information content (AvgIpc) is 3.21. The maximum atomic E-state index is 13.3. The van der Waals surface area contributed by atoms with Crippen LogP contribution in [0.2, 0.25) is 5.02 Å². The van der Waals surface area contributed by atoms with E-state index in [9.17, 15) is 14.4 Å². The van der Waals surface area contributed by atoms with Crippen LogP contribution in [0.1, 0.15) is 6.92 Å². The van der Waals surface area contributed by atoms with Gasteiger partial charge < -0.3 is 4.74 Å². The minimum Gasteiger partial charge on any atom is -0.461 e. The second-order valence-electron chi connectivity index (χ2n) is 6.41. The molecule has 2 aromatic carbocycles. The van der Waals surface area contributed by atoms with Gasteiger partial charge in [-0.3, -0.25) is 14.6 Å². The van der Waals surface area contributed by atoms with Crippen molar-refractivity contribution in [2.45, 2.75) is 13.0 Å². The van der Waals surface area contributed by atoms with Gasteiger partial charge in [0.2, 0.25) is 5.91 Å². The molecule has 2 aliphatic heterocycles. The molecule has 1 fully saturated rings. The molecule has 2 aliphatic rings. The lowest BCUT2D eigenvalue weighted by atomic mass is 9.98. The quantitative estimate of drug-likeness (QED) is 0.499. The van der Waals surface area contributed by atoms with Crippen LogP contribution in [0.25, 0.3) is 0 Å². The molecule has 7 nitrogen and oxygen atoms in total. The Morgan fingerprint density at radius 1 is 1.14 bits per heavy atom. The molecule has 0 aromatic heterocycles. The molecule has 2 atom stereocenters. The first-order chi connectivity index (χ1) is 13.9. The molecule has 4 rings (SSSR count). The Balaban J connectivity index is 1.81. The largest absolute Gasteiger partial charge is 0.461 e. The fourth-order valence-corrected chi connectivity index (χ4v) is 3.95. The zero-order valence-corrected chi connectivity index (χ0v) is 17.6. The highest BCUT2D eigenvalue weighted by molar-refractivity contribution is 9.10. The molecule has 148 valence electrons. The lowest BCUT2D eigenvalue weighted by Gasteiger charge is -2.22. The standard InChI is InChI=1S/C20H15BrClN3O4/c1-2-29-20(28)16-15-17(25(23-16)12-9-7-11(21)8-10-12)19(27)24(18(15)26)14-6-4-3-5-13(14)22/h3-10,15,17H,2H2,1H3. The number of hydrogen-bond donors (Lipinski definition) is 0. The molecule has 0 radical (unpaired) electrons. The van der Waals surface area contributed by atoms with E-state index in [0.29, 0.717) is 5.69 Å². The van der Waals surface area contributed by atoms with Crippen LogP contribution in [0.3, 0.4) is 0 Å². The SMILES string of the molecule is CCOC(=O)C1=NN(c2ccc(Br)cc2)C2C(=O)N(c3ccccc3Cl)C(=O)C12. The number of esters is 1. The number of hydrogen-bond acceptors (Lipinski definition) is 6. The molecule has 2 amide bonds. The number of fused-ring (bicyclic) bond motifs is 1. The summed E-state index contributed by atoms with van der Waals surface area (Å²) >= 11 is 9.59. The first kappa shape index (κ1) is 19.6. The molecule has 2 aromatic rings. The Hall–Kier alpha value is -2.71. The molecular weight excluding hydrogens is 462 g/mol. The predicted molar refractivity (Wildman–Crippen MR) is 112 cm³/mol. The van der Waals surface area contributed by atoms with Crippen LogP contribution in [0.4, 0.5) is 11.4 Å². The highest BCUT2D eigenvalue weighted by atomic mass is 79.9. The Labute approximate surface area is 180 Å². The summed E-state index contributed by atoms with van der Waals surface area (Å²) in [5, 5.41) is 5.97. The third-order valence-electron chi connectivity index (χ3n) is 4.72. The van der Waals surface area contributed by atoms with E-state index in [1.807, 2.05) is 0 Å². The van der Waals surface area contributed by atoms with Gasteiger partial charge in [0.15, 0.2) is 5.71 Å². The Morgan fingerprint density at radius 3 is 2.48 bits per heavy atom. The van der Waals surface area contributed by atoms with Crippen molar-refractivity contribution in [2.75, 3.05) is 16.5 Å². The lowest BCUT2D eigenvalue weighted by molar-refractivity contribution is -0.136. The molecule has 1 saturated heterocycles. The lowest BCUT2D eigenvalue weighted by Crippen LogP contribution is -2.39. The number of anilines is 2. The number of nitrogens with zero attached hydrogens (tertiary/aromatic N) is 3. The average molecular weight is 477 g/mol. The van der Waals surface area contributed by atoms with Crippen LogP contribution in [0.5, 0.6) is 0 Å². The second-order valence-corrected chi connectivity index (χ2v) is 7.74. The zero-order valence-electron chi connectivity index (χ0n) is 15.2. The van der Waals surface area contributed by atoms with Gasteiger partial charge in [-0.25, -0.2) is 9.69 Å². The van der Waals surface area contributed by atoms with E-state index in [4.69, 9.17) is 16.3 Å². The van der Waals surface area contributed by atoms with Crippen molar-refractivity contribution < 1.29 is 19.1 Å². The van der Waals surface area contributed by atoms with Gasteiger partial charge in [0.05, 0.1) is 23.0 Å². The Kier molecular flexibility index (Phi) is 5.14. The molecule has 0 saturated carbocycles. The Morgan fingerprint density at radius 2 is 1.83 bits per heavy atom. The van der Waals surface area contributed by atoms with Gasteiger partial charge in [-0.2, -0.15) is 5.10 Å². The molecule has 0 N–H and O–H groups in total. The van der Waals surface area contributed by atoms with Crippen LogP contribution < -0.4 is 9.91 Å². The number of carbonyl (C=O) groups excluding carboxylic acids is 3. The van der Waals surface area contributed by atoms with E-state index < -0.39 is 29.7 Å². The number of benzene rings is 2. The summed E-state index contributed by atoms with van der Waals surface area (Å²) in [7, 11) is 0. The summed E-state index contributed by atoms with van der Waals surface area (Å²) in [5.41, 5.74) is 0.759. The minimum absolute atomic E-state index is 0.0901. The summed E-state index contributed by atoms with van der Waals surface area (Å²) in [6.45, 7) is 1.79. The summed E-state index contributed by atoms with van der Waals surface area (Å²) in [6.07, 6.45) is 0. The van der Waals surface area contributed by atoms with Crippen molar-refractivity contribution in [2.24, 2.45) is 11.0 Å². The van der Waals surface area contributed by atoms with Gasteiger partial charge in [-0.15, -0.1) is 0 Å². The van der Waals surface area contributed by atoms with Crippen molar-refractivity contribution in [3.8, 4) is 0 Å². The number of para-hydroxylation sites is 1. The van der Waals surface area contributed by atoms with Gasteiger partial charge in [0, 0.05) is 4.47 Å². The third kappa shape index (κ3) is 3.22.